The van der Waals surface area contributed by atoms with Gasteiger partial charge in [0.05, 0.1) is 0 Å². The van der Waals surface area contributed by atoms with E-state index in [1.54, 1.807) is 11.2 Å². The van der Waals surface area contributed by atoms with Gasteiger partial charge in [-0.2, -0.15) is 0 Å². The summed E-state index contributed by atoms with van der Waals surface area (Å²) in [6, 6.07) is -0.970. The molecular weight excluding hydrogens is 276 g/mol. The molecule has 1 N–H and O–H groups in total. The maximum atomic E-state index is 12.7. The molecule has 5 nitrogen and oxygen atoms in total. The van der Waals surface area contributed by atoms with E-state index in [2.05, 4.69) is 5.32 Å². The minimum absolute atomic E-state index is 0.0683. The van der Waals surface area contributed by atoms with Gasteiger partial charge in [-0.25, -0.2) is 0 Å². The number of nitrogens with zero attached hydrogens (tertiary/aromatic N) is 1. The molecule has 0 aromatic heterocycles. The summed E-state index contributed by atoms with van der Waals surface area (Å²) >= 11 is 0. The molecule has 1 aliphatic rings. The summed E-state index contributed by atoms with van der Waals surface area (Å²) in [6.45, 7) is 9.88. The SMILES string of the molecule is CCC1C(=O)NC(C(C)(C)C)C(=O)N1CC(C)S(C)=O. The van der Waals surface area contributed by atoms with Crippen molar-refractivity contribution >= 4 is 22.6 Å². The molecule has 0 spiro atoms. The zero-order chi connectivity index (χ0) is 15.7. The van der Waals surface area contributed by atoms with E-state index in [0.29, 0.717) is 13.0 Å². The number of piperazine rings is 1. The van der Waals surface area contributed by atoms with Crippen LogP contribution in [-0.2, 0) is 20.4 Å². The van der Waals surface area contributed by atoms with Crippen LogP contribution < -0.4 is 5.32 Å². The Balaban J connectivity index is 3.04. The maximum absolute atomic E-state index is 12.7. The molecule has 1 heterocycles. The molecule has 1 saturated heterocycles. The van der Waals surface area contributed by atoms with Crippen molar-refractivity contribution in [3.8, 4) is 0 Å². The Bertz CT molecular complexity index is 417. The van der Waals surface area contributed by atoms with E-state index in [9.17, 15) is 13.8 Å². The van der Waals surface area contributed by atoms with Gasteiger partial charge in [-0.1, -0.05) is 27.7 Å². The summed E-state index contributed by atoms with van der Waals surface area (Å²) in [5, 5.41) is 2.69. The maximum Gasteiger partial charge on any atom is 0.246 e. The molecule has 0 radical (unpaired) electrons. The minimum atomic E-state index is -1.01. The molecule has 0 aromatic rings. The number of hydrogen-bond acceptors (Lipinski definition) is 3. The first-order valence-corrected chi connectivity index (χ1v) is 8.64. The highest BCUT2D eigenvalue weighted by atomic mass is 32.2. The molecule has 1 rings (SSSR count). The summed E-state index contributed by atoms with van der Waals surface area (Å²) in [5.74, 6) is -0.178. The van der Waals surface area contributed by atoms with Gasteiger partial charge in [-0.3, -0.25) is 13.8 Å². The van der Waals surface area contributed by atoms with Crippen molar-refractivity contribution in [2.75, 3.05) is 12.8 Å². The fraction of sp³-hybridized carbons (Fsp3) is 0.857. The van der Waals surface area contributed by atoms with Gasteiger partial charge in [0.25, 0.3) is 0 Å². The molecule has 116 valence electrons. The third-order valence-corrected chi connectivity index (χ3v) is 5.05. The average molecular weight is 302 g/mol. The second kappa shape index (κ2) is 6.24. The Labute approximate surface area is 123 Å². The third kappa shape index (κ3) is 3.59. The predicted molar refractivity (Wildman–Crippen MR) is 80.7 cm³/mol. The molecule has 6 heteroatoms. The molecule has 0 aliphatic carbocycles. The fourth-order valence-corrected chi connectivity index (χ4v) is 2.72. The van der Waals surface area contributed by atoms with Crippen LogP contribution in [-0.4, -0.2) is 51.1 Å². The molecule has 0 bridgehead atoms. The van der Waals surface area contributed by atoms with Gasteiger partial charge in [0.2, 0.25) is 11.8 Å². The lowest BCUT2D eigenvalue weighted by molar-refractivity contribution is -0.152. The first-order valence-electron chi connectivity index (χ1n) is 7.02. The lowest BCUT2D eigenvalue weighted by Crippen LogP contribution is -2.67. The zero-order valence-electron chi connectivity index (χ0n) is 13.2. The van der Waals surface area contributed by atoms with Crippen LogP contribution >= 0.6 is 0 Å². The number of amides is 2. The van der Waals surface area contributed by atoms with E-state index in [4.69, 9.17) is 0 Å². The van der Waals surface area contributed by atoms with Gasteiger partial charge >= 0.3 is 0 Å². The van der Waals surface area contributed by atoms with E-state index in [-0.39, 0.29) is 22.5 Å². The molecule has 1 aliphatic heterocycles. The summed E-state index contributed by atoms with van der Waals surface area (Å²) in [7, 11) is -1.01. The van der Waals surface area contributed by atoms with Crippen molar-refractivity contribution in [1.82, 2.24) is 10.2 Å². The van der Waals surface area contributed by atoms with Crippen molar-refractivity contribution in [3.63, 3.8) is 0 Å². The lowest BCUT2D eigenvalue weighted by atomic mass is 9.83. The van der Waals surface area contributed by atoms with Crippen molar-refractivity contribution < 1.29 is 13.8 Å². The smallest absolute Gasteiger partial charge is 0.246 e. The minimum Gasteiger partial charge on any atom is -0.342 e. The van der Waals surface area contributed by atoms with Crippen LogP contribution in [0.5, 0.6) is 0 Å². The van der Waals surface area contributed by atoms with Crippen LogP contribution in [0.1, 0.15) is 41.0 Å². The molecule has 0 aromatic carbocycles. The Hall–Kier alpha value is -0.910. The van der Waals surface area contributed by atoms with Crippen LogP contribution in [0.25, 0.3) is 0 Å². The van der Waals surface area contributed by atoms with E-state index >= 15 is 0 Å². The Morgan fingerprint density at radius 2 is 1.90 bits per heavy atom. The molecule has 4 unspecified atom stereocenters. The van der Waals surface area contributed by atoms with Crippen molar-refractivity contribution in [2.45, 2.75) is 58.4 Å². The lowest BCUT2D eigenvalue weighted by Gasteiger charge is -2.43. The standard InChI is InChI=1S/C14H26N2O3S/c1-7-10-12(17)15-11(14(3,4)5)13(18)16(10)8-9(2)20(6)19/h9-11H,7-8H2,1-6H3,(H,15,17). The van der Waals surface area contributed by atoms with Crippen LogP contribution in [0.3, 0.4) is 0 Å². The molecule has 2 amide bonds. The van der Waals surface area contributed by atoms with E-state index in [1.807, 2.05) is 34.6 Å². The summed E-state index contributed by atoms with van der Waals surface area (Å²) < 4.78 is 11.6. The molecule has 4 atom stereocenters. The second-order valence-corrected chi connectivity index (χ2v) is 8.33. The van der Waals surface area contributed by atoms with Gasteiger partial charge < -0.3 is 10.2 Å². The molecular formula is C14H26N2O3S. The van der Waals surface area contributed by atoms with Gasteiger partial charge in [-0.15, -0.1) is 0 Å². The molecule has 20 heavy (non-hydrogen) atoms. The van der Waals surface area contributed by atoms with Crippen molar-refractivity contribution in [3.05, 3.63) is 0 Å². The number of carbonyl (C=O) groups is 2. The highest BCUT2D eigenvalue weighted by Crippen LogP contribution is 2.26. The number of carbonyl (C=O) groups excluding carboxylic acids is 2. The van der Waals surface area contributed by atoms with Crippen LogP contribution in [0.15, 0.2) is 0 Å². The normalized spacial score (nSPS) is 27.2. The second-order valence-electron chi connectivity index (χ2n) is 6.53. The van der Waals surface area contributed by atoms with Gasteiger partial charge in [0.1, 0.15) is 12.1 Å². The van der Waals surface area contributed by atoms with Gasteiger partial charge in [0.15, 0.2) is 0 Å². The fourth-order valence-electron chi connectivity index (χ4n) is 2.35. The Morgan fingerprint density at radius 3 is 2.30 bits per heavy atom. The molecule has 1 fully saturated rings. The van der Waals surface area contributed by atoms with Gasteiger partial charge in [0, 0.05) is 28.9 Å². The largest absolute Gasteiger partial charge is 0.342 e. The van der Waals surface area contributed by atoms with Crippen molar-refractivity contribution in [2.24, 2.45) is 5.41 Å². The first-order chi connectivity index (χ1) is 9.09. The summed E-state index contributed by atoms with van der Waals surface area (Å²) in [4.78, 5) is 26.5. The van der Waals surface area contributed by atoms with E-state index in [1.165, 1.54) is 0 Å². The van der Waals surface area contributed by atoms with E-state index in [0.717, 1.165) is 0 Å². The topological polar surface area (TPSA) is 66.5 Å². The van der Waals surface area contributed by atoms with Crippen LogP contribution in [0.2, 0.25) is 0 Å². The highest BCUT2D eigenvalue weighted by molar-refractivity contribution is 7.84. The Morgan fingerprint density at radius 1 is 1.35 bits per heavy atom. The van der Waals surface area contributed by atoms with Crippen LogP contribution in [0, 0.1) is 5.41 Å². The highest BCUT2D eigenvalue weighted by Gasteiger charge is 2.44. The number of nitrogens with one attached hydrogen (secondary N) is 1. The monoisotopic (exact) mass is 302 g/mol. The van der Waals surface area contributed by atoms with Gasteiger partial charge in [-0.05, 0) is 18.8 Å². The van der Waals surface area contributed by atoms with E-state index < -0.39 is 22.9 Å². The molecule has 0 saturated carbocycles. The predicted octanol–water partition coefficient (Wildman–Crippen LogP) is 0.905. The number of rotatable bonds is 4. The Kier molecular flexibility index (Phi) is 5.35. The average Bonchev–Trinajstić information content (AvgIpc) is 2.31. The van der Waals surface area contributed by atoms with Crippen LogP contribution in [0.4, 0.5) is 0 Å². The summed E-state index contributed by atoms with van der Waals surface area (Å²) in [6.07, 6.45) is 2.19. The zero-order valence-corrected chi connectivity index (χ0v) is 14.0. The summed E-state index contributed by atoms with van der Waals surface area (Å²) in [5.41, 5.74) is -0.335. The first kappa shape index (κ1) is 17.1. The third-order valence-electron chi connectivity index (χ3n) is 3.77. The quantitative estimate of drug-likeness (QED) is 0.839. The van der Waals surface area contributed by atoms with Crippen molar-refractivity contribution in [1.29, 1.82) is 0 Å². The number of hydrogen-bond donors (Lipinski definition) is 1.